The fraction of sp³-hybridized carbons (Fsp3) is 0.571. The number of nitrogens with one attached hydrogen (secondary N) is 1. The van der Waals surface area contributed by atoms with Gasteiger partial charge in [-0.15, -0.1) is 22.9 Å². The van der Waals surface area contributed by atoms with Crippen LogP contribution < -0.4 is 5.32 Å². The SMILES string of the molecule is CC(CCCl)C(=O)Nc1scc(C(C)(C)C)c1C#N. The highest BCUT2D eigenvalue weighted by Gasteiger charge is 2.24. The minimum Gasteiger partial charge on any atom is -0.316 e. The smallest absolute Gasteiger partial charge is 0.227 e. The molecule has 0 bridgehead atoms. The third-order valence-corrected chi connectivity index (χ3v) is 4.05. The first-order chi connectivity index (χ1) is 8.81. The molecule has 3 nitrogen and oxygen atoms in total. The van der Waals surface area contributed by atoms with Crippen molar-refractivity contribution in [3.05, 3.63) is 16.5 Å². The van der Waals surface area contributed by atoms with Crippen molar-refractivity contribution in [2.24, 2.45) is 5.92 Å². The molecule has 1 N–H and O–H groups in total. The summed E-state index contributed by atoms with van der Waals surface area (Å²) in [4.78, 5) is 12.0. The van der Waals surface area contributed by atoms with Gasteiger partial charge in [0.05, 0.1) is 5.56 Å². The Morgan fingerprint density at radius 3 is 2.68 bits per heavy atom. The third-order valence-electron chi connectivity index (χ3n) is 2.94. The molecule has 0 aliphatic carbocycles. The van der Waals surface area contributed by atoms with E-state index in [-0.39, 0.29) is 17.2 Å². The molecular weight excluding hydrogens is 280 g/mol. The zero-order chi connectivity index (χ0) is 14.6. The largest absolute Gasteiger partial charge is 0.316 e. The number of nitrogens with zero attached hydrogens (tertiary/aromatic N) is 1. The summed E-state index contributed by atoms with van der Waals surface area (Å²) in [6.45, 7) is 7.99. The number of carbonyl (C=O) groups excluding carboxylic acids is 1. The molecule has 0 radical (unpaired) electrons. The molecule has 19 heavy (non-hydrogen) atoms. The van der Waals surface area contributed by atoms with Crippen LogP contribution in [0.4, 0.5) is 5.00 Å². The number of alkyl halides is 1. The summed E-state index contributed by atoms with van der Waals surface area (Å²) in [6, 6.07) is 2.20. The summed E-state index contributed by atoms with van der Waals surface area (Å²) in [5.41, 5.74) is 1.44. The predicted molar refractivity (Wildman–Crippen MR) is 80.9 cm³/mol. The predicted octanol–water partition coefficient (Wildman–Crippen LogP) is 4.12. The minimum atomic E-state index is -0.149. The van der Waals surface area contributed by atoms with Crippen molar-refractivity contribution in [3.8, 4) is 6.07 Å². The van der Waals surface area contributed by atoms with Gasteiger partial charge in [-0.1, -0.05) is 27.7 Å². The number of halogens is 1. The monoisotopic (exact) mass is 298 g/mol. The van der Waals surface area contributed by atoms with Crippen LogP contribution in [0.15, 0.2) is 5.38 Å². The van der Waals surface area contributed by atoms with Gasteiger partial charge in [0.2, 0.25) is 5.91 Å². The molecule has 0 saturated carbocycles. The van der Waals surface area contributed by atoms with Gasteiger partial charge in [-0.2, -0.15) is 5.26 Å². The number of thiophene rings is 1. The van der Waals surface area contributed by atoms with Crippen LogP contribution in [0.1, 0.15) is 45.2 Å². The molecule has 0 aliphatic heterocycles. The zero-order valence-electron chi connectivity index (χ0n) is 11.7. The molecular formula is C14H19ClN2OS. The summed E-state index contributed by atoms with van der Waals surface area (Å²) in [5.74, 6) is 0.223. The molecule has 1 aromatic rings. The maximum atomic E-state index is 12.0. The first-order valence-corrected chi connectivity index (χ1v) is 7.61. The van der Waals surface area contributed by atoms with Crippen molar-refractivity contribution >= 4 is 33.8 Å². The minimum absolute atomic E-state index is 0.0838. The molecule has 1 rings (SSSR count). The fourth-order valence-electron chi connectivity index (χ4n) is 1.64. The maximum Gasteiger partial charge on any atom is 0.227 e. The molecule has 104 valence electrons. The number of nitriles is 1. The lowest BCUT2D eigenvalue weighted by molar-refractivity contribution is -0.119. The first kappa shape index (κ1) is 16.0. The zero-order valence-corrected chi connectivity index (χ0v) is 13.3. The number of anilines is 1. The van der Waals surface area contributed by atoms with Crippen LogP contribution in [0.5, 0.6) is 0 Å². The van der Waals surface area contributed by atoms with Crippen molar-refractivity contribution in [1.82, 2.24) is 0 Å². The van der Waals surface area contributed by atoms with Crippen molar-refractivity contribution in [3.63, 3.8) is 0 Å². The second kappa shape index (κ2) is 6.40. The van der Waals surface area contributed by atoms with Gasteiger partial charge in [-0.25, -0.2) is 0 Å². The Balaban J connectivity index is 2.95. The summed E-state index contributed by atoms with van der Waals surface area (Å²) in [6.07, 6.45) is 0.632. The Morgan fingerprint density at radius 1 is 1.58 bits per heavy atom. The highest BCUT2D eigenvalue weighted by atomic mass is 35.5. The van der Waals surface area contributed by atoms with Crippen LogP contribution in [0, 0.1) is 17.2 Å². The quantitative estimate of drug-likeness (QED) is 0.850. The van der Waals surface area contributed by atoms with E-state index in [1.165, 1.54) is 11.3 Å². The maximum absolute atomic E-state index is 12.0. The highest BCUT2D eigenvalue weighted by molar-refractivity contribution is 7.14. The summed E-state index contributed by atoms with van der Waals surface area (Å²) >= 11 is 7.04. The standard InChI is InChI=1S/C14H19ClN2OS/c1-9(5-6-15)12(18)17-13-10(7-16)11(8-19-13)14(2,3)4/h8-9H,5-6H2,1-4H3,(H,17,18). The summed E-state index contributed by atoms with van der Waals surface area (Å²) in [7, 11) is 0. The van der Waals surface area contributed by atoms with E-state index in [2.05, 4.69) is 32.2 Å². The average molecular weight is 299 g/mol. The summed E-state index contributed by atoms with van der Waals surface area (Å²) < 4.78 is 0. The van der Waals surface area contributed by atoms with Gasteiger partial charge in [0.25, 0.3) is 0 Å². The number of hydrogen-bond acceptors (Lipinski definition) is 3. The van der Waals surface area contributed by atoms with Gasteiger partial charge >= 0.3 is 0 Å². The van der Waals surface area contributed by atoms with E-state index < -0.39 is 0 Å². The molecule has 1 atom stereocenters. The van der Waals surface area contributed by atoms with Crippen LogP contribution in [0.25, 0.3) is 0 Å². The van der Waals surface area contributed by atoms with E-state index in [0.717, 1.165) is 5.56 Å². The summed E-state index contributed by atoms with van der Waals surface area (Å²) in [5, 5.41) is 14.7. The van der Waals surface area contributed by atoms with Crippen LogP contribution in [0.3, 0.4) is 0 Å². The van der Waals surface area contributed by atoms with E-state index in [9.17, 15) is 10.1 Å². The van der Waals surface area contributed by atoms with Crippen LogP contribution in [0.2, 0.25) is 0 Å². The lowest BCUT2D eigenvalue weighted by atomic mass is 9.86. The van der Waals surface area contributed by atoms with Gasteiger partial charge in [-0.05, 0) is 22.8 Å². The second-order valence-corrected chi connectivity index (χ2v) is 6.84. The lowest BCUT2D eigenvalue weighted by Gasteiger charge is -2.17. The van der Waals surface area contributed by atoms with Crippen LogP contribution >= 0.6 is 22.9 Å². The molecule has 1 aromatic heterocycles. The molecule has 0 saturated heterocycles. The molecule has 1 amide bonds. The molecule has 0 spiro atoms. The average Bonchev–Trinajstić information content (AvgIpc) is 2.71. The molecule has 0 aromatic carbocycles. The molecule has 0 fully saturated rings. The van der Waals surface area contributed by atoms with E-state index >= 15 is 0 Å². The Morgan fingerprint density at radius 2 is 2.21 bits per heavy atom. The lowest BCUT2D eigenvalue weighted by Crippen LogP contribution is -2.21. The fourth-order valence-corrected chi connectivity index (χ4v) is 3.11. The van der Waals surface area contributed by atoms with Crippen LogP contribution in [-0.4, -0.2) is 11.8 Å². The van der Waals surface area contributed by atoms with Crippen molar-refractivity contribution in [2.75, 3.05) is 11.2 Å². The van der Waals surface area contributed by atoms with E-state index in [0.29, 0.717) is 22.9 Å². The first-order valence-electron chi connectivity index (χ1n) is 6.20. The van der Waals surface area contributed by atoms with Gasteiger partial charge in [0, 0.05) is 11.8 Å². The van der Waals surface area contributed by atoms with Gasteiger partial charge in [0.1, 0.15) is 11.1 Å². The Labute approximate surface area is 123 Å². The topological polar surface area (TPSA) is 52.9 Å². The highest BCUT2D eigenvalue weighted by Crippen LogP contribution is 2.35. The normalized spacial score (nSPS) is 12.8. The van der Waals surface area contributed by atoms with Crippen molar-refractivity contribution in [1.29, 1.82) is 5.26 Å². The molecule has 0 aliphatic rings. The van der Waals surface area contributed by atoms with Crippen LogP contribution in [-0.2, 0) is 10.2 Å². The van der Waals surface area contributed by atoms with Crippen molar-refractivity contribution < 1.29 is 4.79 Å². The van der Waals surface area contributed by atoms with Gasteiger partial charge < -0.3 is 5.32 Å². The number of hydrogen-bond donors (Lipinski definition) is 1. The van der Waals surface area contributed by atoms with Gasteiger partial charge in [-0.3, -0.25) is 4.79 Å². The van der Waals surface area contributed by atoms with E-state index in [4.69, 9.17) is 11.6 Å². The van der Waals surface area contributed by atoms with E-state index in [1.807, 2.05) is 12.3 Å². The Hall–Kier alpha value is -1.05. The molecule has 1 heterocycles. The van der Waals surface area contributed by atoms with Gasteiger partial charge in [0.15, 0.2) is 0 Å². The number of rotatable bonds is 4. The Bertz CT molecular complexity index is 497. The Kier molecular flexibility index (Phi) is 5.39. The number of carbonyl (C=O) groups is 1. The number of amides is 1. The van der Waals surface area contributed by atoms with Crippen molar-refractivity contribution in [2.45, 2.75) is 39.5 Å². The molecule has 5 heteroatoms. The third kappa shape index (κ3) is 3.95. The van der Waals surface area contributed by atoms with E-state index in [1.54, 1.807) is 0 Å². The molecule has 1 unspecified atom stereocenters. The second-order valence-electron chi connectivity index (χ2n) is 5.58.